The highest BCUT2D eigenvalue weighted by atomic mass is 35.5. The molecular formula is C15H12Cl2N2O3S. The van der Waals surface area contributed by atoms with E-state index in [-0.39, 0.29) is 4.90 Å². The Balaban J connectivity index is 2.09. The fourth-order valence-corrected chi connectivity index (χ4v) is 2.78. The maximum atomic E-state index is 11.9. The fraction of sp³-hybridized carbons (Fsp3) is 0. The van der Waals surface area contributed by atoms with Gasteiger partial charge >= 0.3 is 0 Å². The van der Waals surface area contributed by atoms with E-state index in [0.717, 1.165) is 0 Å². The summed E-state index contributed by atoms with van der Waals surface area (Å²) in [6.45, 7) is 0. The highest BCUT2D eigenvalue weighted by molar-refractivity contribution is 7.89. The summed E-state index contributed by atoms with van der Waals surface area (Å²) in [5, 5.41) is 8.44. The zero-order chi connectivity index (χ0) is 17.0. The monoisotopic (exact) mass is 370 g/mol. The van der Waals surface area contributed by atoms with Gasteiger partial charge in [-0.1, -0.05) is 29.3 Å². The number of hydrogen-bond donors (Lipinski definition) is 2. The second kappa shape index (κ2) is 7.14. The van der Waals surface area contributed by atoms with E-state index >= 15 is 0 Å². The number of carbonyl (C=O) groups is 1. The number of benzene rings is 2. The van der Waals surface area contributed by atoms with E-state index in [1.807, 2.05) is 0 Å². The van der Waals surface area contributed by atoms with Crippen LogP contribution >= 0.6 is 23.2 Å². The first-order valence-electron chi connectivity index (χ1n) is 6.33. The molecule has 0 aliphatic heterocycles. The van der Waals surface area contributed by atoms with Crippen molar-refractivity contribution < 1.29 is 13.2 Å². The molecule has 0 bridgehead atoms. The first kappa shape index (κ1) is 17.5. The summed E-state index contributed by atoms with van der Waals surface area (Å²) in [6.07, 6.45) is 2.78. The SMILES string of the molecule is NS(=O)(=O)c1ccc(NC(=O)/C=C\c2c(Cl)cccc2Cl)cc1. The molecule has 3 N–H and O–H groups in total. The van der Waals surface area contributed by atoms with Crippen molar-refractivity contribution in [2.24, 2.45) is 5.14 Å². The van der Waals surface area contributed by atoms with Crippen LogP contribution in [0.4, 0.5) is 5.69 Å². The summed E-state index contributed by atoms with van der Waals surface area (Å²) in [5.41, 5.74) is 0.966. The Bertz CT molecular complexity index is 843. The predicted octanol–water partition coefficient (Wildman–Crippen LogP) is 3.29. The van der Waals surface area contributed by atoms with Crippen molar-refractivity contribution >= 4 is 50.9 Å². The molecule has 8 heteroatoms. The minimum absolute atomic E-state index is 0.0334. The predicted molar refractivity (Wildman–Crippen MR) is 91.9 cm³/mol. The van der Waals surface area contributed by atoms with Crippen LogP contribution in [0, 0.1) is 0 Å². The molecule has 5 nitrogen and oxygen atoms in total. The van der Waals surface area contributed by atoms with Crippen LogP contribution in [-0.4, -0.2) is 14.3 Å². The van der Waals surface area contributed by atoms with Crippen LogP contribution in [0.15, 0.2) is 53.4 Å². The van der Waals surface area contributed by atoms with Crippen molar-refractivity contribution in [3.05, 3.63) is 64.1 Å². The molecule has 23 heavy (non-hydrogen) atoms. The van der Waals surface area contributed by atoms with Gasteiger partial charge < -0.3 is 5.32 Å². The quantitative estimate of drug-likeness (QED) is 0.809. The van der Waals surface area contributed by atoms with E-state index in [9.17, 15) is 13.2 Å². The molecule has 120 valence electrons. The molecule has 0 heterocycles. The van der Waals surface area contributed by atoms with E-state index < -0.39 is 15.9 Å². The minimum atomic E-state index is -3.76. The molecule has 0 aliphatic carbocycles. The average Bonchev–Trinajstić information content (AvgIpc) is 2.46. The largest absolute Gasteiger partial charge is 0.323 e. The van der Waals surface area contributed by atoms with Crippen LogP contribution in [0.1, 0.15) is 5.56 Å². The molecule has 0 atom stereocenters. The van der Waals surface area contributed by atoms with Crippen LogP contribution in [-0.2, 0) is 14.8 Å². The van der Waals surface area contributed by atoms with Gasteiger partial charge in [0.2, 0.25) is 15.9 Å². The van der Waals surface area contributed by atoms with Crippen LogP contribution in [0.25, 0.3) is 6.08 Å². The molecule has 2 aromatic rings. The van der Waals surface area contributed by atoms with Crippen molar-refractivity contribution in [2.45, 2.75) is 4.90 Å². The van der Waals surface area contributed by atoms with Gasteiger partial charge in [-0.2, -0.15) is 0 Å². The Morgan fingerprint density at radius 3 is 2.13 bits per heavy atom. The van der Waals surface area contributed by atoms with Gasteiger partial charge in [-0.15, -0.1) is 0 Å². The van der Waals surface area contributed by atoms with Crippen molar-refractivity contribution in [2.75, 3.05) is 5.32 Å². The molecule has 0 fully saturated rings. The highest BCUT2D eigenvalue weighted by Gasteiger charge is 2.07. The van der Waals surface area contributed by atoms with E-state index in [2.05, 4.69) is 5.32 Å². The molecule has 0 aromatic heterocycles. The van der Waals surface area contributed by atoms with Crippen LogP contribution in [0.3, 0.4) is 0 Å². The maximum absolute atomic E-state index is 11.9. The maximum Gasteiger partial charge on any atom is 0.248 e. The zero-order valence-corrected chi connectivity index (χ0v) is 14.0. The topological polar surface area (TPSA) is 89.3 Å². The van der Waals surface area contributed by atoms with Gasteiger partial charge in [-0.05, 0) is 42.5 Å². The number of anilines is 1. The molecule has 2 aromatic carbocycles. The Morgan fingerprint density at radius 2 is 1.61 bits per heavy atom. The number of amides is 1. The van der Waals surface area contributed by atoms with Crippen LogP contribution < -0.4 is 10.5 Å². The summed E-state index contributed by atoms with van der Waals surface area (Å²) in [5.74, 6) is -0.413. The first-order chi connectivity index (χ1) is 10.8. The Labute approximate surface area is 143 Å². The minimum Gasteiger partial charge on any atom is -0.323 e. The van der Waals surface area contributed by atoms with E-state index in [1.54, 1.807) is 18.2 Å². The van der Waals surface area contributed by atoms with E-state index in [0.29, 0.717) is 21.3 Å². The van der Waals surface area contributed by atoms with Crippen molar-refractivity contribution in [3.63, 3.8) is 0 Å². The Kier molecular flexibility index (Phi) is 5.43. The lowest BCUT2D eigenvalue weighted by atomic mass is 10.2. The van der Waals surface area contributed by atoms with Crippen molar-refractivity contribution in [3.8, 4) is 0 Å². The number of rotatable bonds is 4. The average molecular weight is 371 g/mol. The van der Waals surface area contributed by atoms with Gasteiger partial charge in [-0.3, -0.25) is 4.79 Å². The molecule has 0 saturated heterocycles. The molecule has 2 rings (SSSR count). The Morgan fingerprint density at radius 1 is 1.04 bits per heavy atom. The van der Waals surface area contributed by atoms with Crippen molar-refractivity contribution in [1.29, 1.82) is 0 Å². The molecule has 0 radical (unpaired) electrons. The summed E-state index contributed by atoms with van der Waals surface area (Å²) in [6, 6.07) is 10.5. The fourth-order valence-electron chi connectivity index (χ4n) is 1.74. The molecule has 0 saturated carbocycles. The second-order valence-corrected chi connectivity index (χ2v) is 6.90. The second-order valence-electron chi connectivity index (χ2n) is 4.53. The number of halogens is 2. The van der Waals surface area contributed by atoms with Gasteiger partial charge in [0.05, 0.1) is 4.90 Å². The number of carbonyl (C=O) groups excluding carboxylic acids is 1. The summed E-state index contributed by atoms with van der Waals surface area (Å²) >= 11 is 12.0. The Hall–Kier alpha value is -1.86. The van der Waals surface area contributed by atoms with Gasteiger partial charge in [0.15, 0.2) is 0 Å². The van der Waals surface area contributed by atoms with Gasteiger partial charge in [-0.25, -0.2) is 13.6 Å². The number of nitrogens with one attached hydrogen (secondary N) is 1. The van der Waals surface area contributed by atoms with E-state index in [4.69, 9.17) is 28.3 Å². The lowest BCUT2D eigenvalue weighted by Gasteiger charge is -2.04. The summed E-state index contributed by atoms with van der Waals surface area (Å²) in [7, 11) is -3.76. The molecular weight excluding hydrogens is 359 g/mol. The zero-order valence-electron chi connectivity index (χ0n) is 11.7. The number of sulfonamides is 1. The van der Waals surface area contributed by atoms with Crippen LogP contribution in [0.5, 0.6) is 0 Å². The lowest BCUT2D eigenvalue weighted by Crippen LogP contribution is -2.12. The first-order valence-corrected chi connectivity index (χ1v) is 8.63. The third kappa shape index (κ3) is 4.80. The summed E-state index contributed by atoms with van der Waals surface area (Å²) < 4.78 is 22.3. The molecule has 1 amide bonds. The van der Waals surface area contributed by atoms with E-state index in [1.165, 1.54) is 36.4 Å². The molecule has 0 spiro atoms. The number of nitrogens with two attached hydrogens (primary N) is 1. The molecule has 0 aliphatic rings. The standard InChI is InChI=1S/C15H12Cl2N2O3S/c16-13-2-1-3-14(17)12(13)8-9-15(20)19-10-4-6-11(7-5-10)23(18,21)22/h1-9H,(H,19,20)(H2,18,21,22)/b9-8-. The number of hydrogen-bond acceptors (Lipinski definition) is 3. The molecule has 0 unspecified atom stereocenters. The summed E-state index contributed by atoms with van der Waals surface area (Å²) in [4.78, 5) is 11.8. The normalized spacial score (nSPS) is 11.6. The lowest BCUT2D eigenvalue weighted by molar-refractivity contribution is -0.111. The third-order valence-electron chi connectivity index (χ3n) is 2.85. The van der Waals surface area contributed by atoms with Crippen molar-refractivity contribution in [1.82, 2.24) is 0 Å². The van der Waals surface area contributed by atoms with Gasteiger partial charge in [0.25, 0.3) is 0 Å². The smallest absolute Gasteiger partial charge is 0.248 e. The third-order valence-corrected chi connectivity index (χ3v) is 4.44. The number of primary sulfonamides is 1. The van der Waals surface area contributed by atoms with Gasteiger partial charge in [0.1, 0.15) is 0 Å². The van der Waals surface area contributed by atoms with Gasteiger partial charge in [0, 0.05) is 27.4 Å². The van der Waals surface area contributed by atoms with Crippen LogP contribution in [0.2, 0.25) is 10.0 Å². The highest BCUT2D eigenvalue weighted by Crippen LogP contribution is 2.25.